The lowest BCUT2D eigenvalue weighted by Crippen LogP contribution is -2.39. The number of aliphatic hydroxyl groups excluding tert-OH is 1. The van der Waals surface area contributed by atoms with Crippen LogP contribution < -0.4 is 10.6 Å². The van der Waals surface area contributed by atoms with Gasteiger partial charge in [0.15, 0.2) is 0 Å². The molecular weight excluding hydrogens is 536 g/mol. The second-order valence-corrected chi connectivity index (χ2v) is 10.5. The van der Waals surface area contributed by atoms with Crippen molar-refractivity contribution in [3.63, 3.8) is 0 Å². The lowest BCUT2D eigenvalue weighted by Gasteiger charge is -2.28. The summed E-state index contributed by atoms with van der Waals surface area (Å²) in [5.74, 6) is -0.751. The topological polar surface area (TPSA) is 110 Å². The molecule has 2 saturated heterocycles. The molecule has 8 nitrogen and oxygen atoms in total. The zero-order chi connectivity index (χ0) is 24.9. The highest BCUT2D eigenvalue weighted by Gasteiger charge is 2.37. The predicted octanol–water partition coefficient (Wildman–Crippen LogP) is 4.68. The molecule has 0 unspecified atom stereocenters. The van der Waals surface area contributed by atoms with Gasteiger partial charge in [-0.3, -0.25) is 4.79 Å². The van der Waals surface area contributed by atoms with Crippen molar-refractivity contribution >= 4 is 56.4 Å². The van der Waals surface area contributed by atoms with Crippen molar-refractivity contribution in [1.29, 1.82) is 0 Å². The van der Waals surface area contributed by atoms with Gasteiger partial charge in [0, 0.05) is 23.3 Å². The molecule has 0 bridgehead atoms. The molecule has 0 aliphatic carbocycles. The van der Waals surface area contributed by atoms with Gasteiger partial charge in [-0.25, -0.2) is 4.39 Å². The van der Waals surface area contributed by atoms with Gasteiger partial charge in [-0.2, -0.15) is 18.2 Å². The van der Waals surface area contributed by atoms with Gasteiger partial charge < -0.3 is 25.0 Å². The molecule has 0 saturated carbocycles. The second-order valence-electron chi connectivity index (χ2n) is 8.01. The van der Waals surface area contributed by atoms with Crippen molar-refractivity contribution in [3.8, 4) is 10.7 Å². The summed E-state index contributed by atoms with van der Waals surface area (Å²) < 4.78 is 65.6. The van der Waals surface area contributed by atoms with Gasteiger partial charge in [-0.15, -0.1) is 11.3 Å². The minimum atomic E-state index is -4.61. The minimum Gasteiger partial charge on any atom is -0.383 e. The predicted molar refractivity (Wildman–Crippen MR) is 121 cm³/mol. The number of aliphatic hydroxyl groups is 1. The first kappa shape index (κ1) is 24.6. The molecule has 3 N–H and O–H groups in total. The Balaban J connectivity index is 1.58. The number of nitrogens with one attached hydrogen (secondary N) is 2. The van der Waals surface area contributed by atoms with Crippen LogP contribution in [-0.4, -0.2) is 58.2 Å². The molecule has 1 amide bonds. The van der Waals surface area contributed by atoms with Crippen LogP contribution in [0.25, 0.3) is 20.8 Å². The van der Waals surface area contributed by atoms with Gasteiger partial charge in [0.05, 0.1) is 32.9 Å². The number of fused-ring (bicyclic) bond motifs is 1. The molecule has 2 aliphatic rings. The van der Waals surface area contributed by atoms with E-state index in [1.54, 1.807) is 0 Å². The van der Waals surface area contributed by atoms with Gasteiger partial charge in [0.25, 0.3) is 0 Å². The van der Waals surface area contributed by atoms with E-state index in [1.165, 1.54) is 12.1 Å². The lowest BCUT2D eigenvalue weighted by atomic mass is 10.1. The van der Waals surface area contributed by atoms with Crippen LogP contribution >= 0.6 is 34.7 Å². The SMILES string of the molecule is O=C1N[C@@H](c2nc(-c3sc4c(N[C@@H]5CCOC[C@@H]5F)c(Cl)ccc4c3SC(F)(F)F)no2)C[C@H]1O. The number of ether oxygens (including phenoxy) is 1. The molecule has 2 aromatic heterocycles. The van der Waals surface area contributed by atoms with E-state index in [4.69, 9.17) is 20.9 Å². The molecule has 2 aliphatic heterocycles. The number of carbonyl (C=O) groups excluding carboxylic acids is 1. The van der Waals surface area contributed by atoms with Crippen molar-refractivity contribution in [1.82, 2.24) is 15.5 Å². The van der Waals surface area contributed by atoms with Gasteiger partial charge in [-0.1, -0.05) is 22.8 Å². The number of alkyl halides is 4. The Morgan fingerprint density at radius 2 is 2.14 bits per heavy atom. The van der Waals surface area contributed by atoms with E-state index in [0.717, 1.165) is 11.3 Å². The second kappa shape index (κ2) is 9.39. The van der Waals surface area contributed by atoms with E-state index in [2.05, 4.69) is 20.8 Å². The number of hydrogen-bond donors (Lipinski definition) is 3. The van der Waals surface area contributed by atoms with Crippen LogP contribution in [0, 0.1) is 0 Å². The fraction of sp³-hybridized carbons (Fsp3) is 0.450. The molecule has 35 heavy (non-hydrogen) atoms. The van der Waals surface area contributed by atoms with E-state index < -0.39 is 35.8 Å². The molecule has 4 heterocycles. The standard InChI is InChI=1S/C20H17ClF4N4O4S2/c21-8-2-1-7-14(13(8)26-10-3-4-32-6-9(10)22)34-16(15(7)35-20(23,24)25)17-28-19(33-29-17)11-5-12(30)18(31)27-11/h1-2,9-12,26,30H,3-6H2,(H,27,31)/t9-,10+,11+,12+/m0/s1. The number of hydrogen-bond acceptors (Lipinski definition) is 9. The van der Waals surface area contributed by atoms with Gasteiger partial charge in [-0.05, 0) is 24.2 Å². The summed E-state index contributed by atoms with van der Waals surface area (Å²) >= 11 is 7.01. The third-order valence-corrected chi connectivity index (χ3v) is 8.14. The maximum Gasteiger partial charge on any atom is 0.446 e. The molecule has 188 valence electrons. The molecule has 5 rings (SSSR count). The number of carbonyl (C=O) groups is 1. The fourth-order valence-corrected chi connectivity index (χ4v) is 6.36. The molecule has 0 spiro atoms. The van der Waals surface area contributed by atoms with Crippen LogP contribution in [0.4, 0.5) is 23.2 Å². The van der Waals surface area contributed by atoms with E-state index in [-0.39, 0.29) is 56.7 Å². The summed E-state index contributed by atoms with van der Waals surface area (Å²) in [7, 11) is 0. The van der Waals surface area contributed by atoms with E-state index in [9.17, 15) is 27.5 Å². The van der Waals surface area contributed by atoms with E-state index >= 15 is 0 Å². The molecule has 2 fully saturated rings. The average Bonchev–Trinajstić information content (AvgIpc) is 3.49. The number of thioether (sulfide) groups is 1. The smallest absolute Gasteiger partial charge is 0.383 e. The maximum absolute atomic E-state index is 14.4. The third kappa shape index (κ3) is 4.94. The van der Waals surface area contributed by atoms with E-state index in [0.29, 0.717) is 23.4 Å². The first-order chi connectivity index (χ1) is 16.6. The first-order valence-corrected chi connectivity index (χ1v) is 12.4. The van der Waals surface area contributed by atoms with Crippen molar-refractivity contribution in [2.75, 3.05) is 18.5 Å². The number of nitrogens with zero attached hydrogens (tertiary/aromatic N) is 2. The Kier molecular flexibility index (Phi) is 6.59. The number of rotatable bonds is 5. The van der Waals surface area contributed by atoms with Crippen LogP contribution in [0.3, 0.4) is 0 Å². The Labute approximate surface area is 208 Å². The summed E-state index contributed by atoms with van der Waals surface area (Å²) in [6.45, 7) is 0.253. The highest BCUT2D eigenvalue weighted by atomic mass is 35.5. The molecular formula is C20H17ClF4N4O4S2. The summed E-state index contributed by atoms with van der Waals surface area (Å²) in [5, 5.41) is 19.5. The molecule has 4 atom stereocenters. The van der Waals surface area contributed by atoms with Crippen molar-refractivity contribution in [2.24, 2.45) is 0 Å². The fourth-order valence-electron chi connectivity index (χ4n) is 3.95. The monoisotopic (exact) mass is 552 g/mol. The van der Waals surface area contributed by atoms with Gasteiger partial charge in [0.1, 0.15) is 18.3 Å². The zero-order valence-electron chi connectivity index (χ0n) is 17.6. The van der Waals surface area contributed by atoms with Crippen molar-refractivity contribution in [3.05, 3.63) is 23.0 Å². The van der Waals surface area contributed by atoms with Crippen LogP contribution in [0.15, 0.2) is 21.6 Å². The first-order valence-electron chi connectivity index (χ1n) is 10.4. The molecule has 0 radical (unpaired) electrons. The van der Waals surface area contributed by atoms with Crippen LogP contribution in [-0.2, 0) is 9.53 Å². The number of amides is 1. The van der Waals surface area contributed by atoms with Crippen LogP contribution in [0.1, 0.15) is 24.8 Å². The molecule has 1 aromatic carbocycles. The number of halogens is 5. The number of benzene rings is 1. The summed E-state index contributed by atoms with van der Waals surface area (Å²) in [6, 6.07) is 1.54. The summed E-state index contributed by atoms with van der Waals surface area (Å²) in [4.78, 5) is 15.7. The van der Waals surface area contributed by atoms with Gasteiger partial charge >= 0.3 is 5.51 Å². The summed E-state index contributed by atoms with van der Waals surface area (Å²) in [5.41, 5.74) is -4.30. The zero-order valence-corrected chi connectivity index (χ0v) is 20.0. The average molecular weight is 553 g/mol. The van der Waals surface area contributed by atoms with Gasteiger partial charge in [0.2, 0.25) is 17.6 Å². The Bertz CT molecular complexity index is 1270. The summed E-state index contributed by atoms with van der Waals surface area (Å²) in [6.07, 6.45) is -2.19. The minimum absolute atomic E-state index is 0.00375. The third-order valence-electron chi connectivity index (χ3n) is 5.62. The number of thiophene rings is 1. The Morgan fingerprint density at radius 3 is 2.83 bits per heavy atom. The molecule has 3 aromatic rings. The highest BCUT2D eigenvalue weighted by molar-refractivity contribution is 8.00. The maximum atomic E-state index is 14.4. The number of anilines is 1. The quantitative estimate of drug-likeness (QED) is 0.309. The van der Waals surface area contributed by atoms with Crippen LogP contribution in [0.5, 0.6) is 0 Å². The van der Waals surface area contributed by atoms with Crippen molar-refractivity contribution < 1.29 is 36.7 Å². The van der Waals surface area contributed by atoms with Crippen molar-refractivity contribution in [2.45, 2.75) is 47.6 Å². The highest BCUT2D eigenvalue weighted by Crippen LogP contribution is 2.52. The van der Waals surface area contributed by atoms with Crippen LogP contribution in [0.2, 0.25) is 5.02 Å². The Morgan fingerprint density at radius 1 is 1.34 bits per heavy atom. The normalized spacial score (nSPS) is 25.3. The number of aromatic nitrogens is 2. The van der Waals surface area contributed by atoms with E-state index in [1.807, 2.05) is 0 Å². The molecule has 15 heteroatoms. The lowest BCUT2D eigenvalue weighted by molar-refractivity contribution is -0.126. The Hall–Kier alpha value is -2.13. The largest absolute Gasteiger partial charge is 0.446 e.